The van der Waals surface area contributed by atoms with Gasteiger partial charge in [0.25, 0.3) is 10.2 Å². The summed E-state index contributed by atoms with van der Waals surface area (Å²) in [5.41, 5.74) is 1.44. The third-order valence-electron chi connectivity index (χ3n) is 2.32. The van der Waals surface area contributed by atoms with Gasteiger partial charge in [-0.1, -0.05) is 19.1 Å². The Morgan fingerprint density at radius 3 is 2.82 bits per heavy atom. The minimum absolute atomic E-state index is 0.158. The first-order chi connectivity index (χ1) is 7.96. The number of nitrogens with two attached hydrogens (primary N) is 1. The fraction of sp³-hybridized carbons (Fsp3) is 0.300. The molecule has 1 atom stereocenters. The molecule has 0 aliphatic carbocycles. The summed E-state index contributed by atoms with van der Waals surface area (Å²) < 4.78 is 29.2. The van der Waals surface area contributed by atoms with E-state index in [2.05, 4.69) is 9.71 Å². The van der Waals surface area contributed by atoms with Crippen LogP contribution in [0.25, 0.3) is 11.1 Å². The fourth-order valence-corrected chi connectivity index (χ4v) is 1.91. The van der Waals surface area contributed by atoms with E-state index in [4.69, 9.17) is 9.56 Å². The van der Waals surface area contributed by atoms with Gasteiger partial charge in [-0.05, 0) is 12.1 Å². The maximum Gasteiger partial charge on any atom is 0.274 e. The number of oxazole rings is 1. The molecule has 17 heavy (non-hydrogen) atoms. The molecular weight excluding hydrogens is 242 g/mol. The number of aromatic nitrogens is 1. The monoisotopic (exact) mass is 255 g/mol. The number of fused-ring (bicyclic) bond motifs is 1. The van der Waals surface area contributed by atoms with Crippen LogP contribution in [-0.2, 0) is 10.2 Å². The molecular formula is C10H13N3O3S. The molecule has 0 aliphatic rings. The van der Waals surface area contributed by atoms with Crippen LogP contribution < -0.4 is 9.86 Å². The summed E-state index contributed by atoms with van der Waals surface area (Å²) in [6.45, 7) is 1.97. The van der Waals surface area contributed by atoms with Gasteiger partial charge in [0, 0.05) is 12.5 Å². The predicted molar refractivity (Wildman–Crippen MR) is 63.5 cm³/mol. The van der Waals surface area contributed by atoms with Gasteiger partial charge < -0.3 is 4.42 Å². The van der Waals surface area contributed by atoms with Crippen LogP contribution in [0, 0.1) is 0 Å². The van der Waals surface area contributed by atoms with Gasteiger partial charge in [-0.15, -0.1) is 0 Å². The van der Waals surface area contributed by atoms with E-state index in [0.29, 0.717) is 11.5 Å². The molecule has 2 aromatic rings. The number of nitrogens with zero attached hydrogens (tertiary/aromatic N) is 1. The maximum absolute atomic E-state index is 10.8. The maximum atomic E-state index is 10.8. The number of hydrogen-bond donors (Lipinski definition) is 2. The normalized spacial score (nSPS) is 14.0. The van der Waals surface area contributed by atoms with Crippen molar-refractivity contribution in [3.8, 4) is 0 Å². The quantitative estimate of drug-likeness (QED) is 0.841. The van der Waals surface area contributed by atoms with Crippen LogP contribution in [0.1, 0.15) is 18.7 Å². The molecule has 0 saturated carbocycles. The van der Waals surface area contributed by atoms with Crippen LogP contribution in [0.5, 0.6) is 0 Å². The van der Waals surface area contributed by atoms with E-state index >= 15 is 0 Å². The third-order valence-corrected chi connectivity index (χ3v) is 2.89. The summed E-state index contributed by atoms with van der Waals surface area (Å²) in [7, 11) is -3.68. The second-order valence-electron chi connectivity index (χ2n) is 3.81. The van der Waals surface area contributed by atoms with E-state index in [1.54, 1.807) is 0 Å². The summed E-state index contributed by atoms with van der Waals surface area (Å²) >= 11 is 0. The van der Waals surface area contributed by atoms with E-state index in [0.717, 1.165) is 5.52 Å². The average molecular weight is 255 g/mol. The molecule has 1 heterocycles. The number of hydrogen-bond acceptors (Lipinski definition) is 4. The lowest BCUT2D eigenvalue weighted by Crippen LogP contribution is -2.33. The van der Waals surface area contributed by atoms with Gasteiger partial charge in [0.05, 0.1) is 0 Å². The molecule has 7 heteroatoms. The Balaban J connectivity index is 2.16. The van der Waals surface area contributed by atoms with E-state index < -0.39 is 10.2 Å². The molecule has 0 unspecified atom stereocenters. The lowest BCUT2D eigenvalue weighted by atomic mass is 10.2. The molecule has 2 rings (SSSR count). The first-order valence-electron chi connectivity index (χ1n) is 5.08. The van der Waals surface area contributed by atoms with Gasteiger partial charge in [0.15, 0.2) is 11.5 Å². The largest absolute Gasteiger partial charge is 0.440 e. The molecule has 92 valence electrons. The van der Waals surface area contributed by atoms with Crippen LogP contribution in [0.2, 0.25) is 0 Å². The molecule has 1 aromatic heterocycles. The Hall–Kier alpha value is -1.44. The highest BCUT2D eigenvalue weighted by atomic mass is 32.2. The van der Waals surface area contributed by atoms with E-state index in [-0.39, 0.29) is 12.5 Å². The molecule has 0 spiro atoms. The Bertz CT molecular complexity index is 588. The van der Waals surface area contributed by atoms with Gasteiger partial charge in [-0.3, -0.25) is 0 Å². The number of nitrogens with one attached hydrogen (secondary N) is 1. The zero-order valence-corrected chi connectivity index (χ0v) is 10.1. The standard InChI is InChI=1S/C10H13N3O3S/c1-7(6-12-17(11,14)15)10-13-8-4-2-3-5-9(8)16-10/h2-5,7,12H,6H2,1H3,(H2,11,14,15)/t7-/m0/s1. The van der Waals surface area contributed by atoms with Crippen molar-refractivity contribution in [1.82, 2.24) is 9.71 Å². The molecule has 3 N–H and O–H groups in total. The van der Waals surface area contributed by atoms with Gasteiger partial charge in [0.2, 0.25) is 0 Å². The summed E-state index contributed by atoms with van der Waals surface area (Å²) in [5.74, 6) is 0.308. The highest BCUT2D eigenvalue weighted by Crippen LogP contribution is 2.20. The molecule has 0 bridgehead atoms. The summed E-state index contributed by atoms with van der Waals surface area (Å²) in [6, 6.07) is 7.36. The van der Waals surface area contributed by atoms with Crippen LogP contribution in [0.3, 0.4) is 0 Å². The smallest absolute Gasteiger partial charge is 0.274 e. The minimum atomic E-state index is -3.68. The highest BCUT2D eigenvalue weighted by Gasteiger charge is 2.14. The Morgan fingerprint density at radius 2 is 2.18 bits per heavy atom. The predicted octanol–water partition coefficient (Wildman–Crippen LogP) is 0.724. The average Bonchev–Trinajstić information content (AvgIpc) is 2.68. The molecule has 0 radical (unpaired) electrons. The van der Waals surface area contributed by atoms with Crippen molar-refractivity contribution >= 4 is 21.3 Å². The summed E-state index contributed by atoms with van der Waals surface area (Å²) in [5, 5.41) is 4.85. The first-order valence-corrected chi connectivity index (χ1v) is 6.63. The lowest BCUT2D eigenvalue weighted by molar-refractivity contribution is 0.480. The van der Waals surface area contributed by atoms with E-state index in [9.17, 15) is 8.42 Å². The number of benzene rings is 1. The molecule has 0 fully saturated rings. The van der Waals surface area contributed by atoms with Gasteiger partial charge in [-0.25, -0.2) is 14.8 Å². The minimum Gasteiger partial charge on any atom is -0.440 e. The first kappa shape index (κ1) is 12.0. The van der Waals surface area contributed by atoms with E-state index in [1.807, 2.05) is 31.2 Å². The van der Waals surface area contributed by atoms with Crippen molar-refractivity contribution in [3.63, 3.8) is 0 Å². The molecule has 0 aliphatic heterocycles. The van der Waals surface area contributed by atoms with Gasteiger partial charge in [0.1, 0.15) is 5.52 Å². The van der Waals surface area contributed by atoms with Gasteiger partial charge in [-0.2, -0.15) is 8.42 Å². The lowest BCUT2D eigenvalue weighted by Gasteiger charge is -2.06. The van der Waals surface area contributed by atoms with Crippen molar-refractivity contribution in [2.75, 3.05) is 6.54 Å². The molecule has 1 aromatic carbocycles. The Kier molecular flexibility index (Phi) is 3.14. The van der Waals surface area contributed by atoms with Crippen molar-refractivity contribution in [3.05, 3.63) is 30.2 Å². The van der Waals surface area contributed by atoms with Crippen molar-refractivity contribution in [2.45, 2.75) is 12.8 Å². The van der Waals surface area contributed by atoms with Gasteiger partial charge >= 0.3 is 0 Å². The zero-order chi connectivity index (χ0) is 12.5. The third kappa shape index (κ3) is 3.02. The Morgan fingerprint density at radius 1 is 1.47 bits per heavy atom. The zero-order valence-electron chi connectivity index (χ0n) is 9.25. The molecule has 6 nitrogen and oxygen atoms in total. The second kappa shape index (κ2) is 4.44. The Labute approximate surface area is 99.0 Å². The molecule has 0 amide bonds. The second-order valence-corrected chi connectivity index (χ2v) is 5.19. The van der Waals surface area contributed by atoms with Crippen LogP contribution in [-0.4, -0.2) is 19.9 Å². The van der Waals surface area contributed by atoms with Crippen LogP contribution >= 0.6 is 0 Å². The van der Waals surface area contributed by atoms with Crippen LogP contribution in [0.4, 0.5) is 0 Å². The van der Waals surface area contributed by atoms with Crippen molar-refractivity contribution in [2.24, 2.45) is 5.14 Å². The topological polar surface area (TPSA) is 98.2 Å². The van der Waals surface area contributed by atoms with E-state index in [1.165, 1.54) is 0 Å². The SMILES string of the molecule is C[C@@H](CNS(N)(=O)=O)c1nc2ccccc2o1. The van der Waals surface area contributed by atoms with Crippen LogP contribution in [0.15, 0.2) is 28.7 Å². The summed E-state index contributed by atoms with van der Waals surface area (Å²) in [6.07, 6.45) is 0. The summed E-state index contributed by atoms with van der Waals surface area (Å²) in [4.78, 5) is 4.27. The van der Waals surface area contributed by atoms with Crippen molar-refractivity contribution < 1.29 is 12.8 Å². The number of rotatable bonds is 4. The van der Waals surface area contributed by atoms with Crippen molar-refractivity contribution in [1.29, 1.82) is 0 Å². The number of para-hydroxylation sites is 2. The highest BCUT2D eigenvalue weighted by molar-refractivity contribution is 7.87. The molecule has 0 saturated heterocycles. The fourth-order valence-electron chi connectivity index (χ4n) is 1.43.